The van der Waals surface area contributed by atoms with Crippen molar-refractivity contribution in [2.45, 2.75) is 0 Å². The van der Waals surface area contributed by atoms with Gasteiger partial charge in [-0.1, -0.05) is 0 Å². The molecule has 0 saturated carbocycles. The van der Waals surface area contributed by atoms with Gasteiger partial charge < -0.3 is 9.84 Å². The van der Waals surface area contributed by atoms with Gasteiger partial charge in [0, 0.05) is 0 Å². The molecule has 1 aromatic rings. The van der Waals surface area contributed by atoms with Gasteiger partial charge in [0.2, 0.25) is 5.75 Å². The fraction of sp³-hybridized carbons (Fsp3) is 0.125. The maximum Gasteiger partial charge on any atom is 0.339 e. The number of methoxy groups -OCH3 is 1. The normalized spacial score (nSPS) is 9.73. The number of carboxylic acid groups (broad SMARTS) is 1. The van der Waals surface area contributed by atoms with Crippen LogP contribution < -0.4 is 4.74 Å². The Bertz CT molecular complexity index is 396. The summed E-state index contributed by atoms with van der Waals surface area (Å²) in [4.78, 5) is 20.2. The number of carbonyl (C=O) groups is 1. The molecule has 0 aromatic heterocycles. The highest BCUT2D eigenvalue weighted by atomic mass is 19.1. The molecule has 80 valence electrons. The van der Waals surface area contributed by atoms with Crippen LogP contribution in [0.15, 0.2) is 12.1 Å². The summed E-state index contributed by atoms with van der Waals surface area (Å²) in [5, 5.41) is 19.1. The largest absolute Gasteiger partial charge is 0.490 e. The van der Waals surface area contributed by atoms with Crippen molar-refractivity contribution >= 4 is 11.7 Å². The molecule has 1 N–H and O–H groups in total. The molecule has 0 aliphatic rings. The molecule has 0 heterocycles. The van der Waals surface area contributed by atoms with E-state index in [0.29, 0.717) is 12.1 Å². The van der Waals surface area contributed by atoms with E-state index in [9.17, 15) is 19.3 Å². The monoisotopic (exact) mass is 215 g/mol. The van der Waals surface area contributed by atoms with E-state index in [-0.39, 0.29) is 0 Å². The number of nitrogens with zero attached hydrogens (tertiary/aromatic N) is 1. The van der Waals surface area contributed by atoms with Gasteiger partial charge in [-0.3, -0.25) is 10.1 Å². The Morgan fingerprint density at radius 1 is 1.60 bits per heavy atom. The number of benzene rings is 1. The van der Waals surface area contributed by atoms with E-state index in [1.165, 1.54) is 0 Å². The van der Waals surface area contributed by atoms with Gasteiger partial charge in [-0.2, -0.15) is 0 Å². The number of ether oxygens (including phenoxy) is 1. The van der Waals surface area contributed by atoms with E-state index in [0.717, 1.165) is 7.11 Å². The van der Waals surface area contributed by atoms with E-state index in [1.54, 1.807) is 0 Å². The zero-order chi connectivity index (χ0) is 11.6. The standard InChI is InChI=1S/C8H6FNO5/c1-15-7-5(8(11)12)2-4(9)3-6(7)10(13)14/h2-3H,1H3,(H,11,12). The van der Waals surface area contributed by atoms with Gasteiger partial charge in [0.25, 0.3) is 0 Å². The van der Waals surface area contributed by atoms with Gasteiger partial charge in [0.15, 0.2) is 0 Å². The molecule has 0 saturated heterocycles. The maximum atomic E-state index is 12.8. The molecule has 1 aromatic carbocycles. The van der Waals surface area contributed by atoms with Crippen LogP contribution in [0.4, 0.5) is 10.1 Å². The number of rotatable bonds is 3. The minimum atomic E-state index is -1.49. The summed E-state index contributed by atoms with van der Waals surface area (Å²) in [5.41, 5.74) is -1.29. The average Bonchev–Trinajstić information content (AvgIpc) is 2.16. The first-order chi connectivity index (χ1) is 6.97. The predicted octanol–water partition coefficient (Wildman–Crippen LogP) is 1.44. The molecule has 0 fully saturated rings. The third kappa shape index (κ3) is 2.01. The van der Waals surface area contributed by atoms with Gasteiger partial charge in [0.1, 0.15) is 11.4 Å². The predicted molar refractivity (Wildman–Crippen MR) is 46.6 cm³/mol. The Hall–Kier alpha value is -2.18. The Balaban J connectivity index is 3.52. The van der Waals surface area contributed by atoms with Crippen LogP contribution in [0.5, 0.6) is 5.75 Å². The van der Waals surface area contributed by atoms with Crippen molar-refractivity contribution < 1.29 is 24.0 Å². The highest BCUT2D eigenvalue weighted by molar-refractivity contribution is 5.92. The first-order valence-corrected chi connectivity index (χ1v) is 3.72. The van der Waals surface area contributed by atoms with E-state index >= 15 is 0 Å². The quantitative estimate of drug-likeness (QED) is 0.608. The summed E-state index contributed by atoms with van der Waals surface area (Å²) >= 11 is 0. The topological polar surface area (TPSA) is 89.7 Å². The van der Waals surface area contributed by atoms with Crippen molar-refractivity contribution in [2.24, 2.45) is 0 Å². The minimum absolute atomic E-state index is 0.464. The Morgan fingerprint density at radius 2 is 2.20 bits per heavy atom. The number of carboxylic acids is 1. The molecule has 6 nitrogen and oxygen atoms in total. The van der Waals surface area contributed by atoms with Crippen LogP contribution >= 0.6 is 0 Å². The van der Waals surface area contributed by atoms with Gasteiger partial charge in [-0.15, -0.1) is 0 Å². The lowest BCUT2D eigenvalue weighted by Gasteiger charge is -2.05. The van der Waals surface area contributed by atoms with Crippen molar-refractivity contribution in [2.75, 3.05) is 7.11 Å². The molecule has 1 rings (SSSR count). The van der Waals surface area contributed by atoms with Crippen LogP contribution in [0.3, 0.4) is 0 Å². The number of nitro groups is 1. The second kappa shape index (κ2) is 3.91. The van der Waals surface area contributed by atoms with E-state index < -0.39 is 33.7 Å². The molecule has 0 aliphatic heterocycles. The summed E-state index contributed by atoms with van der Waals surface area (Å²) in [5.74, 6) is -2.96. The van der Waals surface area contributed by atoms with Crippen LogP contribution in [0.2, 0.25) is 0 Å². The molecule has 0 spiro atoms. The van der Waals surface area contributed by atoms with Crippen molar-refractivity contribution in [1.29, 1.82) is 0 Å². The third-order valence-corrected chi connectivity index (χ3v) is 1.67. The SMILES string of the molecule is COc1c(C(=O)O)cc(F)cc1[N+](=O)[O-]. The number of hydrogen-bond donors (Lipinski definition) is 1. The van der Waals surface area contributed by atoms with Crippen LogP contribution in [-0.4, -0.2) is 23.1 Å². The molecule has 0 aliphatic carbocycles. The van der Waals surface area contributed by atoms with Crippen molar-refractivity contribution in [1.82, 2.24) is 0 Å². The smallest absolute Gasteiger partial charge is 0.339 e. The zero-order valence-corrected chi connectivity index (χ0v) is 7.56. The van der Waals surface area contributed by atoms with Crippen LogP contribution in [0.1, 0.15) is 10.4 Å². The molecule has 0 atom stereocenters. The molecule has 7 heteroatoms. The molecule has 0 unspecified atom stereocenters. The zero-order valence-electron chi connectivity index (χ0n) is 7.56. The molecule has 0 bridgehead atoms. The lowest BCUT2D eigenvalue weighted by Crippen LogP contribution is -2.04. The fourth-order valence-electron chi connectivity index (χ4n) is 1.09. The summed E-state index contributed by atoms with van der Waals surface area (Å²) in [6, 6.07) is 1.26. The van der Waals surface area contributed by atoms with Crippen LogP contribution in [-0.2, 0) is 0 Å². The minimum Gasteiger partial charge on any atom is -0.490 e. The number of nitro benzene ring substituents is 1. The molecular weight excluding hydrogens is 209 g/mol. The third-order valence-electron chi connectivity index (χ3n) is 1.67. The summed E-state index contributed by atoms with van der Waals surface area (Å²) in [7, 11) is 1.08. The Kier molecular flexibility index (Phi) is 2.84. The first-order valence-electron chi connectivity index (χ1n) is 3.72. The van der Waals surface area contributed by atoms with Gasteiger partial charge in [-0.05, 0) is 6.07 Å². The lowest BCUT2D eigenvalue weighted by molar-refractivity contribution is -0.386. The highest BCUT2D eigenvalue weighted by Gasteiger charge is 2.24. The maximum absolute atomic E-state index is 12.8. The molecule has 0 radical (unpaired) electrons. The van der Waals surface area contributed by atoms with E-state index in [2.05, 4.69) is 4.74 Å². The van der Waals surface area contributed by atoms with Crippen molar-refractivity contribution in [3.63, 3.8) is 0 Å². The van der Waals surface area contributed by atoms with Gasteiger partial charge >= 0.3 is 11.7 Å². The first kappa shape index (κ1) is 10.9. The molecule has 0 amide bonds. The van der Waals surface area contributed by atoms with E-state index in [1.807, 2.05) is 0 Å². The molecular formula is C8H6FNO5. The van der Waals surface area contributed by atoms with Crippen molar-refractivity contribution in [3.05, 3.63) is 33.6 Å². The van der Waals surface area contributed by atoms with Crippen LogP contribution in [0.25, 0.3) is 0 Å². The van der Waals surface area contributed by atoms with Crippen LogP contribution in [0, 0.1) is 15.9 Å². The fourth-order valence-corrected chi connectivity index (χ4v) is 1.09. The second-order valence-electron chi connectivity index (χ2n) is 2.57. The van der Waals surface area contributed by atoms with Gasteiger partial charge in [0.05, 0.1) is 18.1 Å². The molecule has 15 heavy (non-hydrogen) atoms. The lowest BCUT2D eigenvalue weighted by atomic mass is 10.1. The number of halogens is 1. The average molecular weight is 215 g/mol. The van der Waals surface area contributed by atoms with Gasteiger partial charge in [-0.25, -0.2) is 9.18 Å². The van der Waals surface area contributed by atoms with E-state index in [4.69, 9.17) is 5.11 Å². The van der Waals surface area contributed by atoms with Crippen molar-refractivity contribution in [3.8, 4) is 5.75 Å². The Labute approximate surface area is 83.0 Å². The Morgan fingerprint density at radius 3 is 2.60 bits per heavy atom. The number of hydrogen-bond acceptors (Lipinski definition) is 4. The second-order valence-corrected chi connectivity index (χ2v) is 2.57. The summed E-state index contributed by atoms with van der Waals surface area (Å²) < 4.78 is 17.4. The highest BCUT2D eigenvalue weighted by Crippen LogP contribution is 2.31. The number of aromatic carboxylic acids is 1. The summed E-state index contributed by atoms with van der Waals surface area (Å²) in [6.07, 6.45) is 0. The summed E-state index contributed by atoms with van der Waals surface area (Å²) in [6.45, 7) is 0.